The molecule has 0 amide bonds. The molecule has 1 aliphatic rings. The highest BCUT2D eigenvalue weighted by Crippen LogP contribution is 2.39. The van der Waals surface area contributed by atoms with Crippen LogP contribution in [0, 0.1) is 0 Å². The van der Waals surface area contributed by atoms with Crippen molar-refractivity contribution in [3.8, 4) is 44.5 Å². The van der Waals surface area contributed by atoms with Crippen LogP contribution in [0.2, 0.25) is 0 Å². The molecule has 0 aliphatic carbocycles. The van der Waals surface area contributed by atoms with E-state index in [2.05, 4.69) is 222 Å². The maximum atomic E-state index is 6.14. The van der Waals surface area contributed by atoms with Gasteiger partial charge in [-0.2, -0.15) is 0 Å². The Morgan fingerprint density at radius 1 is 0.386 bits per heavy atom. The number of nitrogens with zero attached hydrogens (tertiary/aromatic N) is 4. The van der Waals surface area contributed by atoms with Gasteiger partial charge in [-0.25, -0.2) is 15.0 Å². The van der Waals surface area contributed by atoms with E-state index in [1.807, 2.05) is 24.3 Å². The molecule has 0 spiro atoms. The van der Waals surface area contributed by atoms with Gasteiger partial charge < -0.3 is 9.73 Å². The average Bonchev–Trinajstić information content (AvgIpc) is 4.02. The minimum Gasteiger partial charge on any atom is -0.456 e. The smallest absolute Gasteiger partial charge is 0.159 e. The van der Waals surface area contributed by atoms with Crippen molar-refractivity contribution in [3.63, 3.8) is 0 Å². The second kappa shape index (κ2) is 16.1. The zero-order valence-electron chi connectivity index (χ0n) is 37.8. The molecule has 1 atom stereocenters. The number of hydrogen-bond donors (Lipinski definition) is 1. The summed E-state index contributed by atoms with van der Waals surface area (Å²) in [5, 5.41) is 10.6. The lowest BCUT2D eigenvalue weighted by molar-refractivity contribution is 0.669. The first-order valence-electron chi connectivity index (χ1n) is 23.7. The summed E-state index contributed by atoms with van der Waals surface area (Å²) in [6.45, 7) is 0. The van der Waals surface area contributed by atoms with E-state index < -0.39 is 0 Å². The van der Waals surface area contributed by atoms with Crippen LogP contribution in [0.1, 0.15) is 22.9 Å². The number of nitrogens with one attached hydrogen (secondary N) is 1. The van der Waals surface area contributed by atoms with Crippen LogP contribution in [-0.2, 0) is 0 Å². The molecule has 0 fully saturated rings. The molecule has 4 heterocycles. The Bertz CT molecular complexity index is 4230. The topological polar surface area (TPSA) is 67.2 Å². The molecule has 14 rings (SSSR count). The van der Waals surface area contributed by atoms with Gasteiger partial charge in [0.25, 0.3) is 0 Å². The molecule has 6 heteroatoms. The number of para-hydroxylation sites is 1. The molecule has 3 aromatic heterocycles. The van der Waals surface area contributed by atoms with Crippen molar-refractivity contribution in [2.45, 2.75) is 6.17 Å². The molecule has 0 radical (unpaired) electrons. The Labute approximate surface area is 403 Å². The summed E-state index contributed by atoms with van der Waals surface area (Å²) in [6, 6.07) is 81.4. The van der Waals surface area contributed by atoms with E-state index in [0.717, 1.165) is 99.7 Å². The normalized spacial score (nSPS) is 13.9. The summed E-state index contributed by atoms with van der Waals surface area (Å²) in [5.41, 5.74) is 17.0. The first-order chi connectivity index (χ1) is 34.6. The summed E-state index contributed by atoms with van der Waals surface area (Å²) in [5.74, 6) is 1.47. The van der Waals surface area contributed by atoms with Crippen molar-refractivity contribution in [3.05, 3.63) is 253 Å². The summed E-state index contributed by atoms with van der Waals surface area (Å²) in [7, 11) is 0. The Kier molecular flexibility index (Phi) is 9.17. The molecule has 1 unspecified atom stereocenters. The number of furan rings is 1. The molecule has 1 N–H and O–H groups in total. The Morgan fingerprint density at radius 3 is 1.66 bits per heavy atom. The van der Waals surface area contributed by atoms with Crippen LogP contribution in [0.4, 0.5) is 0 Å². The van der Waals surface area contributed by atoms with Crippen LogP contribution in [-0.4, -0.2) is 21.1 Å². The zero-order valence-corrected chi connectivity index (χ0v) is 37.8. The number of fused-ring (bicyclic) bond motifs is 11. The summed E-state index contributed by atoms with van der Waals surface area (Å²) in [4.78, 5) is 15.7. The SMILES string of the molecule is c1ccc(-c2ccc(C3=NC(c4ccc(-c5ccc6c(c5)c5ccccc5c5nc7cc(-c8ccc9oc%10ccccc%10c9c8)ccn7c65)cc4)=NC(c4ccc(-c5ccccc5)cc4)N3)cc2)cc1. The third-order valence-corrected chi connectivity index (χ3v) is 13.9. The van der Waals surface area contributed by atoms with Crippen molar-refractivity contribution >= 4 is 71.8 Å². The van der Waals surface area contributed by atoms with Crippen LogP contribution in [0.3, 0.4) is 0 Å². The van der Waals surface area contributed by atoms with E-state index in [1.54, 1.807) is 0 Å². The quantitative estimate of drug-likeness (QED) is 0.162. The number of benzene rings is 10. The fraction of sp³-hybridized carbons (Fsp3) is 0.0156. The van der Waals surface area contributed by atoms with Gasteiger partial charge >= 0.3 is 0 Å². The van der Waals surface area contributed by atoms with E-state index in [4.69, 9.17) is 19.4 Å². The highest BCUT2D eigenvalue weighted by atomic mass is 16.3. The van der Waals surface area contributed by atoms with Gasteiger partial charge in [0.05, 0.1) is 11.0 Å². The Morgan fingerprint density at radius 2 is 0.914 bits per heavy atom. The number of amidine groups is 2. The second-order valence-electron chi connectivity index (χ2n) is 18.0. The van der Waals surface area contributed by atoms with Gasteiger partial charge in [-0.05, 0) is 97.2 Å². The van der Waals surface area contributed by atoms with Crippen molar-refractivity contribution in [1.82, 2.24) is 14.7 Å². The van der Waals surface area contributed by atoms with Gasteiger partial charge in [-0.1, -0.05) is 194 Å². The predicted octanol–water partition coefficient (Wildman–Crippen LogP) is 15.9. The Balaban J connectivity index is 0.821. The van der Waals surface area contributed by atoms with Crippen LogP contribution >= 0.6 is 0 Å². The third-order valence-electron chi connectivity index (χ3n) is 13.9. The highest BCUT2D eigenvalue weighted by Gasteiger charge is 2.22. The van der Waals surface area contributed by atoms with Crippen LogP contribution < -0.4 is 5.32 Å². The number of imidazole rings is 1. The van der Waals surface area contributed by atoms with Crippen LogP contribution in [0.25, 0.3) is 105 Å². The molecule has 6 nitrogen and oxygen atoms in total. The molecule has 0 saturated carbocycles. The summed E-state index contributed by atoms with van der Waals surface area (Å²) >= 11 is 0. The van der Waals surface area contributed by atoms with Gasteiger partial charge in [0.2, 0.25) is 0 Å². The minimum atomic E-state index is -0.329. The number of rotatable bonds is 7. The van der Waals surface area contributed by atoms with Crippen LogP contribution in [0.5, 0.6) is 0 Å². The maximum absolute atomic E-state index is 6.14. The van der Waals surface area contributed by atoms with E-state index >= 15 is 0 Å². The number of hydrogen-bond acceptors (Lipinski definition) is 5. The molecule has 0 saturated heterocycles. The van der Waals surface area contributed by atoms with Crippen molar-refractivity contribution < 1.29 is 4.42 Å². The lowest BCUT2D eigenvalue weighted by Gasteiger charge is -2.24. The van der Waals surface area contributed by atoms with E-state index in [1.165, 1.54) is 27.5 Å². The number of aromatic nitrogens is 2. The molecule has 10 aromatic carbocycles. The Hall–Kier alpha value is -9.39. The van der Waals surface area contributed by atoms with Gasteiger partial charge in [0.15, 0.2) is 5.84 Å². The zero-order chi connectivity index (χ0) is 46.1. The fourth-order valence-electron chi connectivity index (χ4n) is 10.3. The van der Waals surface area contributed by atoms with Crippen molar-refractivity contribution in [1.29, 1.82) is 0 Å². The fourth-order valence-corrected chi connectivity index (χ4v) is 10.3. The molecule has 13 aromatic rings. The predicted molar refractivity (Wildman–Crippen MR) is 289 cm³/mol. The second-order valence-corrected chi connectivity index (χ2v) is 18.0. The maximum Gasteiger partial charge on any atom is 0.159 e. The van der Waals surface area contributed by atoms with Crippen molar-refractivity contribution in [2.24, 2.45) is 9.98 Å². The lowest BCUT2D eigenvalue weighted by atomic mass is 9.95. The summed E-state index contributed by atoms with van der Waals surface area (Å²) < 4.78 is 8.38. The number of aliphatic imine (C=N–C) groups is 2. The average molecular weight is 896 g/mol. The van der Waals surface area contributed by atoms with E-state index in [9.17, 15) is 0 Å². The monoisotopic (exact) mass is 895 g/mol. The molecule has 328 valence electrons. The van der Waals surface area contributed by atoms with Gasteiger partial charge in [-0.3, -0.25) is 4.40 Å². The minimum absolute atomic E-state index is 0.329. The molecule has 0 bridgehead atoms. The first kappa shape index (κ1) is 39.7. The number of pyridine rings is 1. The van der Waals surface area contributed by atoms with Gasteiger partial charge in [0.1, 0.15) is 28.8 Å². The third kappa shape index (κ3) is 6.76. The molecule has 1 aliphatic heterocycles. The van der Waals surface area contributed by atoms with Gasteiger partial charge in [-0.15, -0.1) is 0 Å². The lowest BCUT2D eigenvalue weighted by Crippen LogP contribution is -2.33. The first-order valence-corrected chi connectivity index (χ1v) is 23.7. The standard InChI is InChI=1S/C64H41N5O/c1-3-11-40(12-4-1)42-19-25-45(26-20-42)62-66-63(46-27-21-43(22-28-46)41-13-5-2-6-14-41)68-64(67-62)47-29-23-44(24-30-47)48-31-33-54-55(37-48)51-15-7-8-17-53(51)60-61(54)69-36-35-50(39-59(69)65-60)49-32-34-58-56(38-49)52-16-9-10-18-57(52)70-58/h1-39,62H,(H,66,67,68). The van der Waals surface area contributed by atoms with Gasteiger partial charge in [0, 0.05) is 38.9 Å². The van der Waals surface area contributed by atoms with E-state index in [0.29, 0.717) is 5.84 Å². The summed E-state index contributed by atoms with van der Waals surface area (Å²) in [6.07, 6.45) is 1.84. The van der Waals surface area contributed by atoms with E-state index in [-0.39, 0.29) is 6.17 Å². The highest BCUT2D eigenvalue weighted by molar-refractivity contribution is 6.24. The van der Waals surface area contributed by atoms with Crippen molar-refractivity contribution in [2.75, 3.05) is 0 Å². The van der Waals surface area contributed by atoms with Crippen LogP contribution in [0.15, 0.2) is 251 Å². The molecular weight excluding hydrogens is 855 g/mol. The largest absolute Gasteiger partial charge is 0.456 e. The molecule has 70 heavy (non-hydrogen) atoms. The molecular formula is C64H41N5O.